The third-order valence-corrected chi connectivity index (χ3v) is 5.62. The Morgan fingerprint density at radius 1 is 0.938 bits per heavy atom. The maximum Gasteiger partial charge on any atom is 0.396 e. The highest BCUT2D eigenvalue weighted by atomic mass is 32.1. The fourth-order valence-electron chi connectivity index (χ4n) is 3.40. The van der Waals surface area contributed by atoms with E-state index in [1.54, 1.807) is 12.1 Å². The number of benzene rings is 3. The van der Waals surface area contributed by atoms with E-state index in [0.717, 1.165) is 22.5 Å². The van der Waals surface area contributed by atoms with Gasteiger partial charge in [-0.2, -0.15) is 0 Å². The van der Waals surface area contributed by atoms with Crippen LogP contribution in [0.15, 0.2) is 57.7 Å². The molecule has 0 spiro atoms. The van der Waals surface area contributed by atoms with E-state index >= 15 is 0 Å². The van der Waals surface area contributed by atoms with Gasteiger partial charge in [0.05, 0.1) is 31.6 Å². The van der Waals surface area contributed by atoms with Crippen molar-refractivity contribution in [3.8, 4) is 34.1 Å². The largest absolute Gasteiger partial charge is 0.493 e. The zero-order valence-electron chi connectivity index (χ0n) is 17.9. The molecule has 0 saturated carbocycles. The fraction of sp³-hybridized carbons (Fsp3) is 0.167. The first kappa shape index (κ1) is 21.5. The highest BCUT2D eigenvalue weighted by Crippen LogP contribution is 2.39. The number of carbonyl (C=O) groups is 1. The van der Waals surface area contributed by atoms with Crippen LogP contribution in [0, 0.1) is 6.92 Å². The van der Waals surface area contributed by atoms with Crippen LogP contribution < -0.4 is 23.9 Å². The van der Waals surface area contributed by atoms with E-state index in [1.165, 1.54) is 33.5 Å². The molecule has 0 saturated heterocycles. The lowest BCUT2D eigenvalue weighted by Crippen LogP contribution is -2.09. The molecular formula is C24H20O7S. The van der Waals surface area contributed by atoms with Crippen LogP contribution >= 0.6 is 11.3 Å². The number of ether oxygens (including phenoxy) is 4. The van der Waals surface area contributed by atoms with Crippen molar-refractivity contribution < 1.29 is 28.2 Å². The lowest BCUT2D eigenvalue weighted by atomic mass is 10.0. The van der Waals surface area contributed by atoms with E-state index in [-0.39, 0.29) is 11.3 Å². The number of hydrogen-bond acceptors (Lipinski definition) is 8. The van der Waals surface area contributed by atoms with Crippen molar-refractivity contribution in [2.45, 2.75) is 6.92 Å². The van der Waals surface area contributed by atoms with Gasteiger partial charge in [-0.1, -0.05) is 41.2 Å². The zero-order chi connectivity index (χ0) is 22.8. The van der Waals surface area contributed by atoms with Crippen molar-refractivity contribution in [2.24, 2.45) is 0 Å². The minimum atomic E-state index is -0.616. The highest BCUT2D eigenvalue weighted by Gasteiger charge is 2.20. The van der Waals surface area contributed by atoms with E-state index in [2.05, 4.69) is 0 Å². The van der Waals surface area contributed by atoms with Gasteiger partial charge in [-0.15, -0.1) is 0 Å². The van der Waals surface area contributed by atoms with Gasteiger partial charge in [0, 0.05) is 11.6 Å². The molecule has 164 valence electrons. The second-order valence-corrected chi connectivity index (χ2v) is 7.90. The summed E-state index contributed by atoms with van der Waals surface area (Å²) < 4.78 is 27.6. The average molecular weight is 452 g/mol. The Bertz CT molecular complexity index is 1340. The van der Waals surface area contributed by atoms with Crippen molar-refractivity contribution in [3.63, 3.8) is 0 Å². The topological polar surface area (TPSA) is 84.2 Å². The predicted molar refractivity (Wildman–Crippen MR) is 122 cm³/mol. The number of aryl methyl sites for hydroxylation is 1. The van der Waals surface area contributed by atoms with Gasteiger partial charge in [0.1, 0.15) is 5.75 Å². The first-order valence-electron chi connectivity index (χ1n) is 9.60. The van der Waals surface area contributed by atoms with Crippen LogP contribution in [-0.4, -0.2) is 27.3 Å². The Hall–Kier alpha value is -3.78. The van der Waals surface area contributed by atoms with Crippen LogP contribution in [-0.2, 0) is 0 Å². The van der Waals surface area contributed by atoms with Gasteiger partial charge >= 0.3 is 10.9 Å². The number of carbonyl (C=O) groups excluding carboxylic acids is 1. The first-order chi connectivity index (χ1) is 15.4. The Kier molecular flexibility index (Phi) is 5.87. The second kappa shape index (κ2) is 8.76. The molecule has 1 heterocycles. The summed E-state index contributed by atoms with van der Waals surface area (Å²) in [5, 5.41) is 0. The standard InChI is InChI=1S/C24H20O7S/c1-13-6-5-7-14(8-13)17-11-16(12-20-21(17)31-24(26)32-20)30-23(25)15-9-18(27-2)22(29-4)19(10-15)28-3/h5-12H,1-4H3. The Balaban J connectivity index is 1.77. The Morgan fingerprint density at radius 2 is 1.66 bits per heavy atom. The molecule has 0 N–H and O–H groups in total. The van der Waals surface area contributed by atoms with E-state index < -0.39 is 10.9 Å². The first-order valence-corrected chi connectivity index (χ1v) is 10.4. The molecule has 0 aliphatic carbocycles. The molecule has 0 bridgehead atoms. The monoisotopic (exact) mass is 452 g/mol. The number of hydrogen-bond donors (Lipinski definition) is 0. The van der Waals surface area contributed by atoms with Gasteiger partial charge in [0.25, 0.3) is 0 Å². The molecule has 0 amide bonds. The summed E-state index contributed by atoms with van der Waals surface area (Å²) in [7, 11) is 4.42. The number of rotatable bonds is 6. The molecular weight excluding hydrogens is 432 g/mol. The lowest BCUT2D eigenvalue weighted by Gasteiger charge is -2.14. The van der Waals surface area contributed by atoms with Crippen molar-refractivity contribution in [1.29, 1.82) is 0 Å². The van der Waals surface area contributed by atoms with Crippen LogP contribution in [0.4, 0.5) is 0 Å². The quantitative estimate of drug-likeness (QED) is 0.298. The van der Waals surface area contributed by atoms with Crippen LogP contribution in [0.25, 0.3) is 21.4 Å². The number of fused-ring (bicyclic) bond motifs is 1. The van der Waals surface area contributed by atoms with Gasteiger partial charge in [-0.05, 0) is 30.7 Å². The lowest BCUT2D eigenvalue weighted by molar-refractivity contribution is 0.0734. The molecule has 3 aromatic carbocycles. The SMILES string of the molecule is COc1cc(C(=O)Oc2cc(-c3cccc(C)c3)c3oc(=O)sc3c2)cc(OC)c1OC. The molecule has 4 aromatic rings. The number of methoxy groups -OCH3 is 3. The molecule has 0 aliphatic heterocycles. The summed E-state index contributed by atoms with van der Waals surface area (Å²) >= 11 is 0.949. The smallest absolute Gasteiger partial charge is 0.396 e. The van der Waals surface area contributed by atoms with Gasteiger partial charge in [0.15, 0.2) is 17.1 Å². The molecule has 0 atom stereocenters. The second-order valence-electron chi connectivity index (χ2n) is 6.93. The predicted octanol–water partition coefficient (Wildman–Crippen LogP) is 5.07. The third-order valence-electron chi connectivity index (χ3n) is 4.85. The minimum absolute atomic E-state index is 0.220. The molecule has 1 aromatic heterocycles. The van der Waals surface area contributed by atoms with Gasteiger partial charge < -0.3 is 23.4 Å². The van der Waals surface area contributed by atoms with Gasteiger partial charge in [-0.3, -0.25) is 0 Å². The van der Waals surface area contributed by atoms with Crippen molar-refractivity contribution in [1.82, 2.24) is 0 Å². The van der Waals surface area contributed by atoms with E-state index in [0.29, 0.717) is 33.1 Å². The molecule has 0 aliphatic rings. The summed E-state index contributed by atoms with van der Waals surface area (Å²) in [5.74, 6) is 0.711. The molecule has 32 heavy (non-hydrogen) atoms. The Morgan fingerprint density at radius 3 is 2.28 bits per heavy atom. The zero-order valence-corrected chi connectivity index (χ0v) is 18.7. The van der Waals surface area contributed by atoms with Crippen LogP contribution in [0.3, 0.4) is 0 Å². The van der Waals surface area contributed by atoms with Crippen LogP contribution in [0.1, 0.15) is 15.9 Å². The maximum absolute atomic E-state index is 12.9. The summed E-state index contributed by atoms with van der Waals surface area (Å²) in [5.41, 5.74) is 3.24. The summed E-state index contributed by atoms with van der Waals surface area (Å²) in [6.07, 6.45) is 0. The molecule has 0 radical (unpaired) electrons. The summed E-state index contributed by atoms with van der Waals surface area (Å²) in [4.78, 5) is 24.4. The molecule has 0 unspecified atom stereocenters. The van der Waals surface area contributed by atoms with Crippen LogP contribution in [0.5, 0.6) is 23.0 Å². The van der Waals surface area contributed by atoms with Crippen molar-refractivity contribution >= 4 is 27.6 Å². The maximum atomic E-state index is 12.9. The van der Waals surface area contributed by atoms with Gasteiger partial charge in [0.2, 0.25) is 5.75 Å². The minimum Gasteiger partial charge on any atom is -0.493 e. The highest BCUT2D eigenvalue weighted by molar-refractivity contribution is 7.16. The molecule has 0 fully saturated rings. The molecule has 4 rings (SSSR count). The summed E-state index contributed by atoms with van der Waals surface area (Å²) in [6, 6.07) is 14.1. The van der Waals surface area contributed by atoms with Crippen molar-refractivity contribution in [2.75, 3.05) is 21.3 Å². The van der Waals surface area contributed by atoms with Crippen molar-refractivity contribution in [3.05, 3.63) is 69.4 Å². The van der Waals surface area contributed by atoms with E-state index in [1.807, 2.05) is 31.2 Å². The van der Waals surface area contributed by atoms with Crippen LogP contribution in [0.2, 0.25) is 0 Å². The number of esters is 1. The fourth-order valence-corrected chi connectivity index (χ4v) is 4.13. The van der Waals surface area contributed by atoms with E-state index in [4.69, 9.17) is 23.4 Å². The van der Waals surface area contributed by atoms with Gasteiger partial charge in [-0.25, -0.2) is 9.59 Å². The third kappa shape index (κ3) is 4.04. The normalized spacial score (nSPS) is 10.8. The Labute approximate surface area is 187 Å². The molecule has 7 nitrogen and oxygen atoms in total. The van der Waals surface area contributed by atoms with E-state index in [9.17, 15) is 9.59 Å². The average Bonchev–Trinajstić information content (AvgIpc) is 3.17. The molecule has 8 heteroatoms. The summed E-state index contributed by atoms with van der Waals surface area (Å²) in [6.45, 7) is 1.97.